The van der Waals surface area contributed by atoms with Gasteiger partial charge in [0.25, 0.3) is 0 Å². The molecule has 3 unspecified atom stereocenters. The van der Waals surface area contributed by atoms with Crippen LogP contribution in [0.2, 0.25) is 0 Å². The van der Waals surface area contributed by atoms with Crippen molar-refractivity contribution in [2.24, 2.45) is 0 Å². The van der Waals surface area contributed by atoms with Crippen molar-refractivity contribution in [3.05, 3.63) is 97.2 Å². The van der Waals surface area contributed by atoms with Crippen molar-refractivity contribution in [2.75, 3.05) is 6.61 Å². The standard InChI is InChI=1S/C60H103NO5/c1-4-7-10-13-16-19-22-25-27-29-31-34-36-39-42-45-48-51-56(66-60(65)53-50-47-44-41-38-35-32-30-28-26-23-20-17-14-11-8-5-2)54-59(64)61-57(55-62)58(63)52-49-46-43-40-37-33-24-21-18-15-12-9-6-3/h8,11,14,16-17,19-20,23,25-28,30,32,35,38,56-58,62-63H,4-7,9-10,12-13,15,18,21-22,24,29,31,33-34,36-37,39-55H2,1-3H3,(H,61,64)/b11-8-,17-14+,19-16-,23-20+,27-25-,28-26-,32-30+,38-35+. The van der Waals surface area contributed by atoms with E-state index in [0.717, 1.165) is 83.5 Å². The Morgan fingerprint density at radius 3 is 1.39 bits per heavy atom. The van der Waals surface area contributed by atoms with Crippen LogP contribution in [0.1, 0.15) is 245 Å². The molecular formula is C60H103NO5. The summed E-state index contributed by atoms with van der Waals surface area (Å²) >= 11 is 0. The number of carbonyl (C=O) groups is 2. The predicted molar refractivity (Wildman–Crippen MR) is 287 cm³/mol. The topological polar surface area (TPSA) is 95.9 Å². The Balaban J connectivity index is 4.71. The number of nitrogens with one attached hydrogen (secondary N) is 1. The Kier molecular flexibility index (Phi) is 50.2. The summed E-state index contributed by atoms with van der Waals surface area (Å²) in [5.74, 6) is -0.535. The van der Waals surface area contributed by atoms with Crippen LogP contribution >= 0.6 is 0 Å². The molecule has 0 fully saturated rings. The number of carbonyl (C=O) groups excluding carboxylic acids is 2. The monoisotopic (exact) mass is 918 g/mol. The number of unbranched alkanes of at least 4 members (excludes halogenated alkanes) is 25. The Labute approximate surface area is 407 Å². The highest BCUT2D eigenvalue weighted by Gasteiger charge is 2.24. The van der Waals surface area contributed by atoms with Crippen LogP contribution in [0, 0.1) is 0 Å². The molecule has 0 spiro atoms. The van der Waals surface area contributed by atoms with E-state index in [-0.39, 0.29) is 24.9 Å². The molecule has 0 heterocycles. The van der Waals surface area contributed by atoms with Crippen LogP contribution < -0.4 is 5.32 Å². The number of hydrogen-bond acceptors (Lipinski definition) is 5. The first kappa shape index (κ1) is 62.8. The zero-order valence-electron chi connectivity index (χ0n) is 43.0. The summed E-state index contributed by atoms with van der Waals surface area (Å²) in [6.45, 7) is 6.31. The first-order valence-electron chi connectivity index (χ1n) is 27.5. The van der Waals surface area contributed by atoms with Gasteiger partial charge in [0.1, 0.15) is 6.10 Å². The Morgan fingerprint density at radius 2 is 0.879 bits per heavy atom. The number of allylic oxidation sites excluding steroid dienone is 16. The van der Waals surface area contributed by atoms with Gasteiger partial charge in [-0.2, -0.15) is 0 Å². The molecule has 0 aromatic rings. The molecule has 3 atom stereocenters. The highest BCUT2D eigenvalue weighted by molar-refractivity contribution is 5.77. The molecule has 0 bridgehead atoms. The molecule has 0 radical (unpaired) electrons. The van der Waals surface area contributed by atoms with Crippen molar-refractivity contribution >= 4 is 11.9 Å². The first-order valence-corrected chi connectivity index (χ1v) is 27.5. The third-order valence-corrected chi connectivity index (χ3v) is 12.1. The molecule has 0 aromatic heterocycles. The lowest BCUT2D eigenvalue weighted by molar-refractivity contribution is -0.151. The van der Waals surface area contributed by atoms with Crippen LogP contribution in [0.5, 0.6) is 0 Å². The third kappa shape index (κ3) is 47.3. The van der Waals surface area contributed by atoms with Crippen LogP contribution in [0.25, 0.3) is 0 Å². The molecule has 6 nitrogen and oxygen atoms in total. The van der Waals surface area contributed by atoms with E-state index in [9.17, 15) is 19.8 Å². The molecule has 0 aromatic carbocycles. The van der Waals surface area contributed by atoms with Gasteiger partial charge < -0.3 is 20.3 Å². The van der Waals surface area contributed by atoms with E-state index in [2.05, 4.69) is 74.7 Å². The van der Waals surface area contributed by atoms with Gasteiger partial charge in [0, 0.05) is 6.42 Å². The van der Waals surface area contributed by atoms with Crippen LogP contribution in [-0.2, 0) is 14.3 Å². The van der Waals surface area contributed by atoms with Gasteiger partial charge in [-0.1, -0.05) is 253 Å². The van der Waals surface area contributed by atoms with Crippen LogP contribution in [0.15, 0.2) is 97.2 Å². The number of hydrogen-bond donors (Lipinski definition) is 3. The molecule has 378 valence electrons. The molecule has 0 aliphatic heterocycles. The number of rotatable bonds is 48. The number of esters is 1. The number of aliphatic hydroxyl groups is 2. The molecular weight excluding hydrogens is 815 g/mol. The van der Waals surface area contributed by atoms with Crippen LogP contribution in [-0.4, -0.2) is 46.9 Å². The third-order valence-electron chi connectivity index (χ3n) is 12.1. The predicted octanol–water partition coefficient (Wildman–Crippen LogP) is 16.9. The van der Waals surface area contributed by atoms with Crippen molar-refractivity contribution < 1.29 is 24.5 Å². The smallest absolute Gasteiger partial charge is 0.306 e. The zero-order chi connectivity index (χ0) is 48.1. The van der Waals surface area contributed by atoms with Crippen molar-refractivity contribution in [3.8, 4) is 0 Å². The van der Waals surface area contributed by atoms with E-state index in [4.69, 9.17) is 4.74 Å². The fourth-order valence-corrected chi connectivity index (χ4v) is 7.90. The Morgan fingerprint density at radius 1 is 0.470 bits per heavy atom. The van der Waals surface area contributed by atoms with Gasteiger partial charge >= 0.3 is 5.97 Å². The lowest BCUT2D eigenvalue weighted by atomic mass is 10.0. The second-order valence-electron chi connectivity index (χ2n) is 18.4. The van der Waals surface area contributed by atoms with Gasteiger partial charge in [0.05, 0.1) is 25.2 Å². The second-order valence-corrected chi connectivity index (χ2v) is 18.4. The zero-order valence-corrected chi connectivity index (χ0v) is 43.0. The van der Waals surface area contributed by atoms with Gasteiger partial charge in [-0.15, -0.1) is 0 Å². The maximum Gasteiger partial charge on any atom is 0.306 e. The molecule has 0 saturated carbocycles. The SMILES string of the molecule is CC\C=C/C=C/C=C/C=C\C=C\C=C\CCCCCC(=O)OC(CCCCCCCCC/C=C\C/C=C\CCCCC)CC(=O)NC(CO)C(O)CCCCCCCCCCCCCCC. The molecule has 3 N–H and O–H groups in total. The van der Waals surface area contributed by atoms with Gasteiger partial charge in [0.2, 0.25) is 5.91 Å². The van der Waals surface area contributed by atoms with Crippen molar-refractivity contribution in [3.63, 3.8) is 0 Å². The fraction of sp³-hybridized carbons (Fsp3) is 0.700. The molecule has 6 heteroatoms. The van der Waals surface area contributed by atoms with E-state index < -0.39 is 18.2 Å². The quantitative estimate of drug-likeness (QED) is 0.0245. The molecule has 0 saturated heterocycles. The minimum Gasteiger partial charge on any atom is -0.462 e. The van der Waals surface area contributed by atoms with Crippen molar-refractivity contribution in [2.45, 2.75) is 264 Å². The normalized spacial score (nSPS) is 14.0. The van der Waals surface area contributed by atoms with Crippen LogP contribution in [0.4, 0.5) is 0 Å². The number of ether oxygens (including phenoxy) is 1. The average Bonchev–Trinajstić information content (AvgIpc) is 3.31. The van der Waals surface area contributed by atoms with E-state index in [1.807, 2.05) is 48.6 Å². The molecule has 0 aliphatic rings. The number of amides is 1. The minimum absolute atomic E-state index is 0.0490. The summed E-state index contributed by atoms with van der Waals surface area (Å²) in [4.78, 5) is 26.2. The maximum atomic E-state index is 13.3. The summed E-state index contributed by atoms with van der Waals surface area (Å²) in [6, 6.07) is -0.720. The van der Waals surface area contributed by atoms with E-state index in [1.54, 1.807) is 0 Å². The second kappa shape index (κ2) is 52.7. The highest BCUT2D eigenvalue weighted by atomic mass is 16.5. The summed E-state index contributed by atoms with van der Waals surface area (Å²) in [6.07, 6.45) is 70.3. The number of aliphatic hydroxyl groups excluding tert-OH is 2. The van der Waals surface area contributed by atoms with Gasteiger partial charge in [0.15, 0.2) is 0 Å². The van der Waals surface area contributed by atoms with E-state index >= 15 is 0 Å². The van der Waals surface area contributed by atoms with E-state index in [1.165, 1.54) is 116 Å². The summed E-state index contributed by atoms with van der Waals surface area (Å²) in [5, 5.41) is 23.8. The molecule has 0 rings (SSSR count). The van der Waals surface area contributed by atoms with Crippen molar-refractivity contribution in [1.29, 1.82) is 0 Å². The van der Waals surface area contributed by atoms with E-state index in [0.29, 0.717) is 19.3 Å². The Hall–Kier alpha value is -3.22. The van der Waals surface area contributed by atoms with Gasteiger partial charge in [-0.3, -0.25) is 9.59 Å². The van der Waals surface area contributed by atoms with Gasteiger partial charge in [-0.25, -0.2) is 0 Å². The van der Waals surface area contributed by atoms with Crippen molar-refractivity contribution in [1.82, 2.24) is 5.32 Å². The molecule has 0 aliphatic carbocycles. The summed E-state index contributed by atoms with van der Waals surface area (Å²) in [5.41, 5.74) is 0. The fourth-order valence-electron chi connectivity index (χ4n) is 7.90. The first-order chi connectivity index (χ1) is 32.5. The minimum atomic E-state index is -0.804. The average molecular weight is 918 g/mol. The molecule has 1 amide bonds. The highest BCUT2D eigenvalue weighted by Crippen LogP contribution is 2.18. The Bertz CT molecular complexity index is 1310. The maximum absolute atomic E-state index is 13.3. The summed E-state index contributed by atoms with van der Waals surface area (Å²) in [7, 11) is 0. The van der Waals surface area contributed by atoms with Crippen LogP contribution in [0.3, 0.4) is 0 Å². The summed E-state index contributed by atoms with van der Waals surface area (Å²) < 4.78 is 5.93. The lowest BCUT2D eigenvalue weighted by Gasteiger charge is -2.24. The molecule has 66 heavy (non-hydrogen) atoms. The largest absolute Gasteiger partial charge is 0.462 e. The van der Waals surface area contributed by atoms with Gasteiger partial charge in [-0.05, 0) is 77.0 Å². The lowest BCUT2D eigenvalue weighted by Crippen LogP contribution is -2.46.